The van der Waals surface area contributed by atoms with Gasteiger partial charge in [-0.3, -0.25) is 9.58 Å². The van der Waals surface area contributed by atoms with Crippen molar-refractivity contribution in [2.45, 2.75) is 33.0 Å². The summed E-state index contributed by atoms with van der Waals surface area (Å²) in [5, 5.41) is 23.0. The highest BCUT2D eigenvalue weighted by molar-refractivity contribution is 5.35. The van der Waals surface area contributed by atoms with Crippen LogP contribution in [0.2, 0.25) is 0 Å². The first-order valence-corrected chi connectivity index (χ1v) is 7.47. The number of hydrogen-bond donors (Lipinski definition) is 1. The van der Waals surface area contributed by atoms with Crippen LogP contribution in [0.5, 0.6) is 0 Å². The van der Waals surface area contributed by atoms with E-state index in [9.17, 15) is 5.11 Å². The molecule has 0 aliphatic carbocycles. The number of aliphatic hydroxyl groups is 1. The molecule has 0 atom stereocenters. The van der Waals surface area contributed by atoms with Gasteiger partial charge in [-0.1, -0.05) is 0 Å². The summed E-state index contributed by atoms with van der Waals surface area (Å²) in [4.78, 5) is 2.35. The first kappa shape index (κ1) is 14.8. The fourth-order valence-corrected chi connectivity index (χ4v) is 3.26. The third-order valence-corrected chi connectivity index (χ3v) is 4.70. The Balaban J connectivity index is 1.83. The molecule has 0 amide bonds. The number of aliphatic hydroxyl groups excluding tert-OH is 1. The van der Waals surface area contributed by atoms with Gasteiger partial charge in [0, 0.05) is 57.1 Å². The Morgan fingerprint density at radius 3 is 2.82 bits per heavy atom. The molecule has 2 aromatic rings. The SMILES string of the molecule is Cc1c(CN2CCc3c(c(CO)nn3C)C2)cc(C#N)n1C. The van der Waals surface area contributed by atoms with E-state index < -0.39 is 0 Å². The number of aryl methyl sites for hydroxylation is 1. The summed E-state index contributed by atoms with van der Waals surface area (Å²) in [6.07, 6.45) is 0.940. The third-order valence-electron chi connectivity index (χ3n) is 4.70. The van der Waals surface area contributed by atoms with Crippen LogP contribution in [0.3, 0.4) is 0 Å². The molecule has 0 saturated heterocycles. The van der Waals surface area contributed by atoms with Crippen molar-refractivity contribution in [2.24, 2.45) is 14.1 Å². The fraction of sp³-hybridized carbons (Fsp3) is 0.500. The van der Waals surface area contributed by atoms with Crippen LogP contribution in [0.1, 0.15) is 33.9 Å². The molecule has 1 aliphatic heterocycles. The summed E-state index contributed by atoms with van der Waals surface area (Å²) in [6, 6.07) is 4.20. The van der Waals surface area contributed by atoms with Crippen LogP contribution in [-0.4, -0.2) is 30.9 Å². The maximum atomic E-state index is 9.46. The second-order valence-corrected chi connectivity index (χ2v) is 5.93. The minimum absolute atomic E-state index is 0.0139. The van der Waals surface area contributed by atoms with Gasteiger partial charge in [-0.15, -0.1) is 0 Å². The summed E-state index contributed by atoms with van der Waals surface area (Å²) >= 11 is 0. The summed E-state index contributed by atoms with van der Waals surface area (Å²) in [5.41, 5.74) is 6.19. The van der Waals surface area contributed by atoms with Crippen molar-refractivity contribution in [2.75, 3.05) is 6.54 Å². The zero-order chi connectivity index (χ0) is 15.9. The molecule has 0 saturated carbocycles. The molecular weight excluding hydrogens is 278 g/mol. The number of nitrogens with zero attached hydrogens (tertiary/aromatic N) is 5. The average molecular weight is 299 g/mol. The Bertz CT molecular complexity index is 750. The van der Waals surface area contributed by atoms with Crippen molar-refractivity contribution in [1.29, 1.82) is 5.26 Å². The molecule has 22 heavy (non-hydrogen) atoms. The molecule has 1 N–H and O–H groups in total. The van der Waals surface area contributed by atoms with E-state index in [0.29, 0.717) is 5.69 Å². The van der Waals surface area contributed by atoms with Crippen molar-refractivity contribution in [3.8, 4) is 6.07 Å². The van der Waals surface area contributed by atoms with Crippen LogP contribution in [0.4, 0.5) is 0 Å². The van der Waals surface area contributed by atoms with Gasteiger partial charge in [0.15, 0.2) is 0 Å². The topological polar surface area (TPSA) is 70.0 Å². The Labute approximate surface area is 130 Å². The lowest BCUT2D eigenvalue weighted by atomic mass is 10.0. The number of fused-ring (bicyclic) bond motifs is 1. The molecule has 6 heteroatoms. The van der Waals surface area contributed by atoms with E-state index in [1.807, 2.05) is 29.4 Å². The van der Waals surface area contributed by atoms with Gasteiger partial charge in [-0.25, -0.2) is 0 Å². The highest BCUT2D eigenvalue weighted by atomic mass is 16.3. The van der Waals surface area contributed by atoms with E-state index in [0.717, 1.165) is 43.0 Å². The van der Waals surface area contributed by atoms with Gasteiger partial charge in [0.2, 0.25) is 0 Å². The Hall–Kier alpha value is -2.10. The van der Waals surface area contributed by atoms with Gasteiger partial charge in [-0.05, 0) is 18.6 Å². The van der Waals surface area contributed by atoms with Crippen molar-refractivity contribution in [3.63, 3.8) is 0 Å². The quantitative estimate of drug-likeness (QED) is 0.917. The highest BCUT2D eigenvalue weighted by Gasteiger charge is 2.24. The molecule has 0 aromatic carbocycles. The van der Waals surface area contributed by atoms with E-state index in [-0.39, 0.29) is 6.61 Å². The summed E-state index contributed by atoms with van der Waals surface area (Å²) in [6.45, 7) is 4.62. The van der Waals surface area contributed by atoms with Gasteiger partial charge in [-0.2, -0.15) is 10.4 Å². The molecule has 6 nitrogen and oxygen atoms in total. The Morgan fingerprint density at radius 2 is 2.18 bits per heavy atom. The molecule has 116 valence electrons. The summed E-state index contributed by atoms with van der Waals surface area (Å²) < 4.78 is 3.83. The zero-order valence-corrected chi connectivity index (χ0v) is 13.3. The number of nitriles is 1. The second-order valence-electron chi connectivity index (χ2n) is 5.93. The normalized spacial score (nSPS) is 14.9. The average Bonchev–Trinajstić information content (AvgIpc) is 2.98. The van der Waals surface area contributed by atoms with E-state index in [1.165, 1.54) is 11.3 Å². The molecule has 0 spiro atoms. The largest absolute Gasteiger partial charge is 0.390 e. The first-order chi connectivity index (χ1) is 10.5. The van der Waals surface area contributed by atoms with Crippen LogP contribution in [-0.2, 0) is 40.2 Å². The van der Waals surface area contributed by atoms with Crippen LogP contribution < -0.4 is 0 Å². The fourth-order valence-electron chi connectivity index (χ4n) is 3.26. The van der Waals surface area contributed by atoms with E-state index in [1.54, 1.807) is 0 Å². The maximum Gasteiger partial charge on any atom is 0.120 e. The predicted molar refractivity (Wildman–Crippen MR) is 81.8 cm³/mol. The summed E-state index contributed by atoms with van der Waals surface area (Å²) in [7, 11) is 3.87. The van der Waals surface area contributed by atoms with Crippen molar-refractivity contribution in [3.05, 3.63) is 40.0 Å². The Morgan fingerprint density at radius 1 is 1.41 bits per heavy atom. The Kier molecular flexibility index (Phi) is 3.77. The van der Waals surface area contributed by atoms with Crippen LogP contribution in [0.25, 0.3) is 0 Å². The zero-order valence-electron chi connectivity index (χ0n) is 13.3. The molecule has 2 aromatic heterocycles. The number of hydrogen-bond acceptors (Lipinski definition) is 4. The standard InChI is InChI=1S/C16H21N5O/c1-11-12(6-13(7-17)19(11)2)8-21-5-4-16-14(9-21)15(10-22)18-20(16)3/h6,22H,4-5,8-10H2,1-3H3. The van der Waals surface area contributed by atoms with Gasteiger partial charge < -0.3 is 9.67 Å². The van der Waals surface area contributed by atoms with Crippen molar-refractivity contribution >= 4 is 0 Å². The van der Waals surface area contributed by atoms with E-state index >= 15 is 0 Å². The minimum Gasteiger partial charge on any atom is -0.390 e. The lowest BCUT2D eigenvalue weighted by molar-refractivity contribution is 0.236. The van der Waals surface area contributed by atoms with Gasteiger partial charge >= 0.3 is 0 Å². The maximum absolute atomic E-state index is 9.46. The van der Waals surface area contributed by atoms with Crippen LogP contribution in [0.15, 0.2) is 6.07 Å². The molecule has 0 fully saturated rings. The van der Waals surface area contributed by atoms with Gasteiger partial charge in [0.25, 0.3) is 0 Å². The minimum atomic E-state index is -0.0139. The van der Waals surface area contributed by atoms with Crippen LogP contribution in [0, 0.1) is 18.3 Å². The molecular formula is C16H21N5O. The molecule has 1 aliphatic rings. The molecule has 0 unspecified atom stereocenters. The van der Waals surface area contributed by atoms with E-state index in [2.05, 4.69) is 23.0 Å². The van der Waals surface area contributed by atoms with E-state index in [4.69, 9.17) is 5.26 Å². The lowest BCUT2D eigenvalue weighted by Gasteiger charge is -2.27. The molecule has 3 heterocycles. The smallest absolute Gasteiger partial charge is 0.120 e. The number of aromatic nitrogens is 3. The third kappa shape index (κ3) is 2.32. The van der Waals surface area contributed by atoms with Gasteiger partial charge in [0.1, 0.15) is 11.8 Å². The number of rotatable bonds is 3. The predicted octanol–water partition coefficient (Wildman–Crippen LogP) is 0.989. The molecule has 0 radical (unpaired) electrons. The lowest BCUT2D eigenvalue weighted by Crippen LogP contribution is -2.31. The first-order valence-electron chi connectivity index (χ1n) is 7.47. The highest BCUT2D eigenvalue weighted by Crippen LogP contribution is 2.24. The molecule has 3 rings (SSSR count). The molecule has 0 bridgehead atoms. The van der Waals surface area contributed by atoms with Crippen molar-refractivity contribution in [1.82, 2.24) is 19.2 Å². The van der Waals surface area contributed by atoms with Gasteiger partial charge in [0.05, 0.1) is 12.3 Å². The van der Waals surface area contributed by atoms with Crippen LogP contribution >= 0.6 is 0 Å². The second kappa shape index (κ2) is 5.59. The summed E-state index contributed by atoms with van der Waals surface area (Å²) in [5.74, 6) is 0. The van der Waals surface area contributed by atoms with Crippen molar-refractivity contribution < 1.29 is 5.11 Å². The monoisotopic (exact) mass is 299 g/mol.